The molecule has 152 valence electrons. The molecule has 0 fully saturated rings. The average Bonchev–Trinajstić information content (AvgIpc) is 3.51. The number of benzene rings is 2. The van der Waals surface area contributed by atoms with Crippen molar-refractivity contribution in [2.45, 2.75) is 4.90 Å². The Morgan fingerprint density at radius 3 is 2.52 bits per heavy atom. The largest absolute Gasteiger partial charge is 0.268 e. The third-order valence-electron chi connectivity index (χ3n) is 4.89. The van der Waals surface area contributed by atoms with Crippen LogP contribution in [-0.2, 0) is 10.0 Å². The number of hydrogen-bond acceptors (Lipinski definition) is 6. The minimum atomic E-state index is -3.97. The lowest BCUT2D eigenvalue weighted by Crippen LogP contribution is -2.14. The highest BCUT2D eigenvalue weighted by Gasteiger charge is 2.30. The minimum Gasteiger partial charge on any atom is -0.252 e. The maximum absolute atomic E-state index is 13.9. The van der Waals surface area contributed by atoms with Gasteiger partial charge in [0.15, 0.2) is 0 Å². The van der Waals surface area contributed by atoms with E-state index in [9.17, 15) is 13.7 Å². The van der Waals surface area contributed by atoms with Crippen molar-refractivity contribution in [2.75, 3.05) is 0 Å². The van der Waals surface area contributed by atoms with Gasteiger partial charge in [-0.15, -0.1) is 22.7 Å². The van der Waals surface area contributed by atoms with Gasteiger partial charge in [0.2, 0.25) is 0 Å². The number of thiophene rings is 1. The van der Waals surface area contributed by atoms with Crippen molar-refractivity contribution in [3.8, 4) is 27.8 Å². The predicted octanol–water partition coefficient (Wildman–Crippen LogP) is 6.26. The number of thiazole rings is 1. The standard InChI is InChI=1S/C22H12ClN3O2S3/c23-14-5-7-15(8-6-14)31(27,28)26-18-4-2-1-3-16(18)21(17-9-10-29-19(17)11-24)22(26)20-12-25-13-30-20/h1-10,12-13H. The van der Waals surface area contributed by atoms with Crippen molar-refractivity contribution in [1.29, 1.82) is 5.26 Å². The zero-order valence-corrected chi connectivity index (χ0v) is 18.9. The summed E-state index contributed by atoms with van der Waals surface area (Å²) in [6.45, 7) is 0. The van der Waals surface area contributed by atoms with E-state index in [0.29, 0.717) is 37.1 Å². The van der Waals surface area contributed by atoms with E-state index in [2.05, 4.69) is 11.1 Å². The van der Waals surface area contributed by atoms with Gasteiger partial charge in [-0.1, -0.05) is 29.8 Å². The summed E-state index contributed by atoms with van der Waals surface area (Å²) in [7, 11) is -3.97. The highest BCUT2D eigenvalue weighted by atomic mass is 35.5. The topological polar surface area (TPSA) is 75.8 Å². The van der Waals surface area contributed by atoms with Gasteiger partial charge >= 0.3 is 0 Å². The Labute approximate surface area is 191 Å². The molecule has 2 aromatic carbocycles. The van der Waals surface area contributed by atoms with Gasteiger partial charge in [-0.2, -0.15) is 5.26 Å². The fraction of sp³-hybridized carbons (Fsp3) is 0. The van der Waals surface area contributed by atoms with Crippen molar-refractivity contribution >= 4 is 55.2 Å². The van der Waals surface area contributed by atoms with Gasteiger partial charge in [0, 0.05) is 27.7 Å². The van der Waals surface area contributed by atoms with E-state index in [0.717, 1.165) is 5.39 Å². The molecule has 31 heavy (non-hydrogen) atoms. The van der Waals surface area contributed by atoms with Crippen LogP contribution in [0.3, 0.4) is 0 Å². The Kier molecular flexibility index (Phi) is 4.91. The molecule has 5 nitrogen and oxygen atoms in total. The molecule has 0 amide bonds. The molecule has 9 heteroatoms. The highest BCUT2D eigenvalue weighted by Crippen LogP contribution is 2.45. The number of rotatable bonds is 4. The van der Waals surface area contributed by atoms with E-state index in [1.54, 1.807) is 36.0 Å². The number of halogens is 1. The number of hydrogen-bond donors (Lipinski definition) is 0. The van der Waals surface area contributed by atoms with E-state index in [1.807, 2.05) is 23.6 Å². The molecule has 0 bridgehead atoms. The normalized spacial score (nSPS) is 11.6. The van der Waals surface area contributed by atoms with Crippen molar-refractivity contribution in [3.63, 3.8) is 0 Å². The van der Waals surface area contributed by atoms with Gasteiger partial charge in [0.1, 0.15) is 10.9 Å². The summed E-state index contributed by atoms with van der Waals surface area (Å²) in [5.74, 6) is 0. The fourth-order valence-electron chi connectivity index (χ4n) is 3.59. The van der Waals surface area contributed by atoms with Gasteiger partial charge in [-0.25, -0.2) is 12.4 Å². The summed E-state index contributed by atoms with van der Waals surface area (Å²) < 4.78 is 29.1. The Hall–Kier alpha value is -2.96. The van der Waals surface area contributed by atoms with Crippen LogP contribution in [0.25, 0.3) is 32.6 Å². The lowest BCUT2D eigenvalue weighted by molar-refractivity contribution is 0.589. The van der Waals surface area contributed by atoms with Crippen LogP contribution in [0.4, 0.5) is 0 Å². The van der Waals surface area contributed by atoms with Gasteiger partial charge in [-0.3, -0.25) is 4.98 Å². The second kappa shape index (κ2) is 7.62. The van der Waals surface area contributed by atoms with Crippen LogP contribution in [0.1, 0.15) is 4.88 Å². The van der Waals surface area contributed by atoms with Crippen molar-refractivity contribution in [1.82, 2.24) is 8.96 Å². The van der Waals surface area contributed by atoms with E-state index >= 15 is 0 Å². The lowest BCUT2D eigenvalue weighted by atomic mass is 10.0. The molecule has 0 atom stereocenters. The van der Waals surface area contributed by atoms with Gasteiger partial charge in [-0.05, 0) is 41.8 Å². The SMILES string of the molecule is N#Cc1sccc1-c1c(-c2cncs2)n(S(=O)(=O)c2ccc(Cl)cc2)c2ccccc12. The second-order valence-electron chi connectivity index (χ2n) is 6.61. The van der Waals surface area contributed by atoms with Crippen LogP contribution >= 0.6 is 34.3 Å². The maximum atomic E-state index is 13.9. The predicted molar refractivity (Wildman–Crippen MR) is 125 cm³/mol. The molecular weight excluding hydrogens is 470 g/mol. The van der Waals surface area contributed by atoms with E-state index in [1.165, 1.54) is 38.8 Å². The first-order valence-corrected chi connectivity index (χ1v) is 12.6. The summed E-state index contributed by atoms with van der Waals surface area (Å²) in [5, 5.41) is 12.7. The second-order valence-corrected chi connectivity index (χ2v) is 10.6. The first-order chi connectivity index (χ1) is 15.0. The molecule has 0 spiro atoms. The molecular formula is C22H12ClN3O2S3. The molecule has 3 heterocycles. The number of aromatic nitrogens is 2. The van der Waals surface area contributed by atoms with Gasteiger partial charge < -0.3 is 0 Å². The quantitative estimate of drug-likeness (QED) is 0.304. The zero-order chi connectivity index (χ0) is 21.6. The van der Waals surface area contributed by atoms with Crippen molar-refractivity contribution < 1.29 is 8.42 Å². The summed E-state index contributed by atoms with van der Waals surface area (Å²) in [6, 6.07) is 17.5. The smallest absolute Gasteiger partial charge is 0.252 e. The van der Waals surface area contributed by atoms with Crippen LogP contribution in [0, 0.1) is 11.3 Å². The third kappa shape index (κ3) is 3.18. The van der Waals surface area contributed by atoms with E-state index < -0.39 is 10.0 Å². The molecule has 0 aliphatic carbocycles. The summed E-state index contributed by atoms with van der Waals surface area (Å²) in [5.41, 5.74) is 4.10. The summed E-state index contributed by atoms with van der Waals surface area (Å²) in [4.78, 5) is 5.52. The maximum Gasteiger partial charge on any atom is 0.268 e. The fourth-order valence-corrected chi connectivity index (χ4v) is 6.67. The van der Waals surface area contributed by atoms with Crippen molar-refractivity contribution in [2.24, 2.45) is 0 Å². The van der Waals surface area contributed by atoms with Crippen LogP contribution in [0.2, 0.25) is 5.02 Å². The Bertz CT molecular complexity index is 1560. The molecule has 0 aliphatic heterocycles. The molecule has 0 unspecified atom stereocenters. The van der Waals surface area contributed by atoms with Crippen LogP contribution < -0.4 is 0 Å². The Balaban J connectivity index is 1.96. The Morgan fingerprint density at radius 2 is 1.81 bits per heavy atom. The van der Waals surface area contributed by atoms with E-state index in [4.69, 9.17) is 11.6 Å². The molecule has 0 aliphatic rings. The van der Waals surface area contributed by atoms with Gasteiger partial charge in [0.25, 0.3) is 10.0 Å². The highest BCUT2D eigenvalue weighted by molar-refractivity contribution is 7.90. The number of nitrogens with zero attached hydrogens (tertiary/aromatic N) is 3. The van der Waals surface area contributed by atoms with Crippen molar-refractivity contribution in [3.05, 3.63) is 81.6 Å². The first kappa shape index (κ1) is 20.0. The number of fused-ring (bicyclic) bond motifs is 1. The van der Waals surface area contributed by atoms with Crippen LogP contribution in [0.15, 0.2) is 76.6 Å². The summed E-state index contributed by atoms with van der Waals surface area (Å²) in [6.07, 6.45) is 1.65. The van der Waals surface area contributed by atoms with Crippen LogP contribution in [0.5, 0.6) is 0 Å². The zero-order valence-electron chi connectivity index (χ0n) is 15.7. The molecule has 5 aromatic rings. The average molecular weight is 482 g/mol. The van der Waals surface area contributed by atoms with E-state index in [-0.39, 0.29) is 4.90 Å². The molecule has 0 N–H and O–H groups in total. The number of para-hydroxylation sites is 1. The lowest BCUT2D eigenvalue weighted by Gasteiger charge is -2.12. The summed E-state index contributed by atoms with van der Waals surface area (Å²) >= 11 is 8.66. The molecule has 0 saturated heterocycles. The Morgan fingerprint density at radius 1 is 1.03 bits per heavy atom. The van der Waals surface area contributed by atoms with Gasteiger partial charge in [0.05, 0.1) is 26.5 Å². The molecule has 3 aromatic heterocycles. The first-order valence-electron chi connectivity index (χ1n) is 9.04. The third-order valence-corrected chi connectivity index (χ3v) is 8.46. The van der Waals surface area contributed by atoms with Crippen LogP contribution in [-0.4, -0.2) is 17.4 Å². The number of nitriles is 1. The molecule has 0 radical (unpaired) electrons. The molecule has 5 rings (SSSR count). The minimum absolute atomic E-state index is 0.126. The molecule has 0 saturated carbocycles. The monoisotopic (exact) mass is 481 g/mol.